The minimum absolute atomic E-state index is 0.0447. The molecule has 0 atom stereocenters. The van der Waals surface area contributed by atoms with E-state index in [1.165, 1.54) is 22.5 Å². The molecule has 0 bridgehead atoms. The average molecular weight is 511 g/mol. The summed E-state index contributed by atoms with van der Waals surface area (Å²) >= 11 is 5.92. The van der Waals surface area contributed by atoms with Crippen LogP contribution < -0.4 is 10.9 Å². The van der Waals surface area contributed by atoms with Crippen LogP contribution in [-0.4, -0.2) is 54.6 Å². The second kappa shape index (κ2) is 8.70. The zero-order chi connectivity index (χ0) is 25.8. The Morgan fingerprint density at radius 1 is 1.22 bits per heavy atom. The van der Waals surface area contributed by atoms with Gasteiger partial charge in [0.15, 0.2) is 0 Å². The van der Waals surface area contributed by atoms with Gasteiger partial charge < -0.3 is 14.8 Å². The Labute approximate surface area is 210 Å². The maximum absolute atomic E-state index is 14.0. The van der Waals surface area contributed by atoms with E-state index >= 15 is 0 Å². The van der Waals surface area contributed by atoms with Crippen LogP contribution in [0.4, 0.5) is 4.39 Å². The van der Waals surface area contributed by atoms with Crippen LogP contribution in [0.25, 0.3) is 22.1 Å². The smallest absolute Gasteiger partial charge is 0.265 e. The van der Waals surface area contributed by atoms with Gasteiger partial charge in [0.2, 0.25) is 5.91 Å². The molecule has 1 N–H and O–H groups in total. The molecule has 5 rings (SSSR count). The van der Waals surface area contributed by atoms with Gasteiger partial charge >= 0.3 is 0 Å². The number of pyridine rings is 2. The zero-order valence-electron chi connectivity index (χ0n) is 20.0. The highest BCUT2D eigenvalue weighted by molar-refractivity contribution is 6.30. The van der Waals surface area contributed by atoms with E-state index in [1.807, 2.05) is 18.5 Å². The number of amides is 2. The number of aromatic nitrogens is 4. The molecule has 11 heteroatoms. The lowest BCUT2D eigenvalue weighted by molar-refractivity contribution is -0.144. The van der Waals surface area contributed by atoms with Crippen LogP contribution in [0.1, 0.15) is 28.7 Å². The molecular weight excluding hydrogens is 487 g/mol. The standard InChI is InChI=1S/C25H24ClFN6O3/c1-14-30-21-17-8-18(23(35)29-9-15-4-6-16(26)7-5-15)24(36)33(22(17)28-10-19(21)31(14)3)11-20(34)32-12-25(2,27)13-32/h4-8,10H,9,11-13H2,1-3H3,(H,29,35). The number of carbonyl (C=O) groups excluding carboxylic acids is 2. The van der Waals surface area contributed by atoms with Crippen molar-refractivity contribution in [1.82, 2.24) is 29.3 Å². The minimum Gasteiger partial charge on any atom is -0.348 e. The van der Waals surface area contributed by atoms with Crippen molar-refractivity contribution in [2.75, 3.05) is 13.1 Å². The first-order valence-corrected chi connectivity index (χ1v) is 11.8. The summed E-state index contributed by atoms with van der Waals surface area (Å²) in [6.45, 7) is 2.98. The Hall–Kier alpha value is -3.79. The number of nitrogens with zero attached hydrogens (tertiary/aromatic N) is 5. The predicted octanol–water partition coefficient (Wildman–Crippen LogP) is 2.75. The summed E-state index contributed by atoms with van der Waals surface area (Å²) in [5.74, 6) is -0.293. The molecule has 4 aromatic rings. The summed E-state index contributed by atoms with van der Waals surface area (Å²) in [6.07, 6.45) is 1.58. The lowest BCUT2D eigenvalue weighted by atomic mass is 9.99. The molecule has 0 aliphatic carbocycles. The number of carbonyl (C=O) groups is 2. The van der Waals surface area contributed by atoms with Gasteiger partial charge in [-0.05, 0) is 37.6 Å². The van der Waals surface area contributed by atoms with Crippen molar-refractivity contribution < 1.29 is 14.0 Å². The molecule has 4 heterocycles. The number of halogens is 2. The molecule has 0 unspecified atom stereocenters. The summed E-state index contributed by atoms with van der Waals surface area (Å²) < 4.78 is 17.0. The minimum atomic E-state index is -1.44. The number of likely N-dealkylation sites (tertiary alicyclic amines) is 1. The molecule has 1 saturated heterocycles. The van der Waals surface area contributed by atoms with Crippen LogP contribution >= 0.6 is 11.6 Å². The first-order chi connectivity index (χ1) is 17.0. The Morgan fingerprint density at radius 2 is 1.92 bits per heavy atom. The molecule has 0 saturated carbocycles. The monoisotopic (exact) mass is 510 g/mol. The Balaban J connectivity index is 1.57. The number of nitrogens with one attached hydrogen (secondary N) is 1. The summed E-state index contributed by atoms with van der Waals surface area (Å²) in [5, 5.41) is 3.80. The van der Waals surface area contributed by atoms with E-state index in [2.05, 4.69) is 15.3 Å². The van der Waals surface area contributed by atoms with Gasteiger partial charge in [-0.3, -0.25) is 19.0 Å². The Kier molecular flexibility index (Phi) is 5.78. The van der Waals surface area contributed by atoms with Crippen LogP contribution in [0.15, 0.2) is 41.3 Å². The second-order valence-corrected chi connectivity index (χ2v) is 9.81. The van der Waals surface area contributed by atoms with Gasteiger partial charge in [0.25, 0.3) is 11.5 Å². The molecule has 1 aliphatic heterocycles. The molecule has 1 aromatic carbocycles. The van der Waals surface area contributed by atoms with E-state index in [0.717, 1.165) is 16.9 Å². The van der Waals surface area contributed by atoms with Gasteiger partial charge in [0.1, 0.15) is 34.8 Å². The van der Waals surface area contributed by atoms with Gasteiger partial charge in [-0.25, -0.2) is 14.4 Å². The van der Waals surface area contributed by atoms with E-state index in [4.69, 9.17) is 11.6 Å². The molecule has 1 fully saturated rings. The van der Waals surface area contributed by atoms with Crippen LogP contribution in [-0.2, 0) is 24.9 Å². The second-order valence-electron chi connectivity index (χ2n) is 9.37. The molecular formula is C25H24ClFN6O3. The third kappa shape index (κ3) is 4.21. The van der Waals surface area contributed by atoms with E-state index < -0.39 is 23.0 Å². The Bertz CT molecular complexity index is 1580. The number of alkyl halides is 1. The number of hydrogen-bond donors (Lipinski definition) is 1. The van der Waals surface area contributed by atoms with Crippen molar-refractivity contribution in [1.29, 1.82) is 0 Å². The van der Waals surface area contributed by atoms with Gasteiger partial charge in [0, 0.05) is 24.0 Å². The molecule has 0 spiro atoms. The topological polar surface area (TPSA) is 102 Å². The molecule has 9 nitrogen and oxygen atoms in total. The van der Waals surface area contributed by atoms with Crippen LogP contribution in [0.2, 0.25) is 5.02 Å². The SMILES string of the molecule is Cc1nc2c3cc(C(=O)NCc4ccc(Cl)cc4)c(=O)n(CC(=O)N4CC(C)(F)C4)c3ncc2n1C. The first kappa shape index (κ1) is 23.9. The van der Waals surface area contributed by atoms with Gasteiger partial charge in [-0.1, -0.05) is 23.7 Å². The Morgan fingerprint density at radius 3 is 2.58 bits per heavy atom. The molecule has 2 amide bonds. The molecule has 1 aliphatic rings. The number of rotatable bonds is 5. The highest BCUT2D eigenvalue weighted by atomic mass is 35.5. The third-order valence-corrected chi connectivity index (χ3v) is 6.74. The number of hydrogen-bond acceptors (Lipinski definition) is 5. The maximum atomic E-state index is 14.0. The number of aryl methyl sites for hydroxylation is 2. The van der Waals surface area contributed by atoms with Gasteiger partial charge in [-0.2, -0.15) is 0 Å². The molecule has 186 valence electrons. The van der Waals surface area contributed by atoms with E-state index in [0.29, 0.717) is 15.9 Å². The number of imidazole rings is 1. The fourth-order valence-corrected chi connectivity index (χ4v) is 4.54. The predicted molar refractivity (Wildman–Crippen MR) is 134 cm³/mol. The largest absolute Gasteiger partial charge is 0.348 e. The van der Waals surface area contributed by atoms with Gasteiger partial charge in [0.05, 0.1) is 24.8 Å². The maximum Gasteiger partial charge on any atom is 0.265 e. The van der Waals surface area contributed by atoms with Crippen molar-refractivity contribution in [2.24, 2.45) is 7.05 Å². The van der Waals surface area contributed by atoms with Crippen LogP contribution in [0.3, 0.4) is 0 Å². The average Bonchev–Trinajstić information content (AvgIpc) is 3.12. The third-order valence-electron chi connectivity index (χ3n) is 6.49. The highest BCUT2D eigenvalue weighted by Gasteiger charge is 2.41. The van der Waals surface area contributed by atoms with Crippen LogP contribution in [0.5, 0.6) is 0 Å². The van der Waals surface area contributed by atoms with E-state index in [1.54, 1.807) is 30.5 Å². The fraction of sp³-hybridized carbons (Fsp3) is 0.320. The molecule has 3 aromatic heterocycles. The summed E-state index contributed by atoms with van der Waals surface area (Å²) in [7, 11) is 1.84. The normalized spacial score (nSPS) is 14.8. The number of fused-ring (bicyclic) bond motifs is 3. The lowest BCUT2D eigenvalue weighted by Crippen LogP contribution is -2.60. The highest BCUT2D eigenvalue weighted by Crippen LogP contribution is 2.26. The van der Waals surface area contributed by atoms with E-state index in [9.17, 15) is 18.8 Å². The summed E-state index contributed by atoms with van der Waals surface area (Å²) in [6, 6.07) is 8.44. The van der Waals surface area contributed by atoms with Crippen molar-refractivity contribution in [3.63, 3.8) is 0 Å². The molecule has 0 radical (unpaired) electrons. The van der Waals surface area contributed by atoms with Crippen molar-refractivity contribution in [3.8, 4) is 0 Å². The van der Waals surface area contributed by atoms with Crippen LogP contribution in [0, 0.1) is 6.92 Å². The van der Waals surface area contributed by atoms with Crippen molar-refractivity contribution in [3.05, 3.63) is 68.9 Å². The number of benzene rings is 1. The molecule has 36 heavy (non-hydrogen) atoms. The quantitative estimate of drug-likeness (QED) is 0.445. The van der Waals surface area contributed by atoms with Crippen molar-refractivity contribution >= 4 is 45.5 Å². The summed E-state index contributed by atoms with van der Waals surface area (Å²) in [4.78, 5) is 49.8. The summed E-state index contributed by atoms with van der Waals surface area (Å²) in [5.41, 5.74) is 0.0842. The first-order valence-electron chi connectivity index (χ1n) is 11.4. The lowest BCUT2D eigenvalue weighted by Gasteiger charge is -2.42. The van der Waals surface area contributed by atoms with Crippen molar-refractivity contribution in [2.45, 2.75) is 32.6 Å². The van der Waals surface area contributed by atoms with Gasteiger partial charge in [-0.15, -0.1) is 0 Å². The zero-order valence-corrected chi connectivity index (χ0v) is 20.8. The van der Waals surface area contributed by atoms with E-state index in [-0.39, 0.29) is 37.4 Å². The fourth-order valence-electron chi connectivity index (χ4n) is 4.42.